The van der Waals surface area contributed by atoms with Crippen LogP contribution in [0.5, 0.6) is 0 Å². The summed E-state index contributed by atoms with van der Waals surface area (Å²) in [6, 6.07) is 2.69. The number of amides is 2. The molecule has 3 aliphatic rings. The Morgan fingerprint density at radius 2 is 1.73 bits per heavy atom. The Labute approximate surface area is 250 Å². The predicted molar refractivity (Wildman–Crippen MR) is 149 cm³/mol. The third-order valence-corrected chi connectivity index (χ3v) is 9.45. The molecule has 0 bridgehead atoms. The van der Waals surface area contributed by atoms with E-state index >= 15 is 0 Å². The SMILES string of the molecule is CC(C)n1nc([C@H](c2cn3ncc([C@H](NC(=O)CC4(C(F)(F)F)CC4)C4CC4)cc3n2)C2CCC(F)(F)CC2)cc1C(N)=O. The van der Waals surface area contributed by atoms with Crippen molar-refractivity contribution >= 4 is 17.5 Å². The van der Waals surface area contributed by atoms with Crippen molar-refractivity contribution in [3.8, 4) is 0 Å². The number of nitrogens with two attached hydrogens (primary N) is 1. The van der Waals surface area contributed by atoms with Gasteiger partial charge in [0.05, 0.1) is 35.2 Å². The van der Waals surface area contributed by atoms with Crippen molar-refractivity contribution < 1.29 is 31.5 Å². The van der Waals surface area contributed by atoms with E-state index in [2.05, 4.69) is 15.5 Å². The maximum Gasteiger partial charge on any atom is 0.395 e. The number of imidazole rings is 1. The largest absolute Gasteiger partial charge is 0.395 e. The number of nitrogens with one attached hydrogen (secondary N) is 1. The van der Waals surface area contributed by atoms with Gasteiger partial charge in [0.2, 0.25) is 11.8 Å². The van der Waals surface area contributed by atoms with Gasteiger partial charge in [0.1, 0.15) is 5.69 Å². The van der Waals surface area contributed by atoms with Crippen molar-refractivity contribution in [2.45, 2.75) is 102 Å². The number of fused-ring (bicyclic) bond motifs is 1. The third-order valence-electron chi connectivity index (χ3n) is 9.45. The lowest BCUT2D eigenvalue weighted by molar-refractivity contribution is -0.190. The number of hydrogen-bond acceptors (Lipinski definition) is 5. The van der Waals surface area contributed by atoms with Crippen LogP contribution in [-0.4, -0.2) is 48.3 Å². The van der Waals surface area contributed by atoms with Crippen LogP contribution < -0.4 is 11.1 Å². The van der Waals surface area contributed by atoms with E-state index in [-0.39, 0.29) is 62.1 Å². The molecular formula is C30H36F5N7O2. The summed E-state index contributed by atoms with van der Waals surface area (Å²) in [6.07, 6.45) is -0.221. The number of halogens is 5. The first-order valence-electron chi connectivity index (χ1n) is 15.1. The van der Waals surface area contributed by atoms with Gasteiger partial charge >= 0.3 is 6.18 Å². The van der Waals surface area contributed by atoms with Crippen LogP contribution in [0.25, 0.3) is 5.65 Å². The number of nitrogens with zero attached hydrogens (tertiary/aromatic N) is 5. The predicted octanol–water partition coefficient (Wildman–Crippen LogP) is 5.86. The summed E-state index contributed by atoms with van der Waals surface area (Å²) in [7, 11) is 0. The topological polar surface area (TPSA) is 120 Å². The van der Waals surface area contributed by atoms with E-state index in [4.69, 9.17) is 10.7 Å². The molecule has 3 aromatic heterocycles. The fourth-order valence-corrected chi connectivity index (χ4v) is 6.55. The van der Waals surface area contributed by atoms with Crippen molar-refractivity contribution in [1.82, 2.24) is 29.7 Å². The minimum Gasteiger partial charge on any atom is -0.364 e. The van der Waals surface area contributed by atoms with Crippen LogP contribution in [-0.2, 0) is 4.79 Å². The Morgan fingerprint density at radius 1 is 1.05 bits per heavy atom. The Morgan fingerprint density at radius 3 is 2.27 bits per heavy atom. The molecule has 6 rings (SSSR count). The molecule has 3 aliphatic carbocycles. The molecule has 238 valence electrons. The summed E-state index contributed by atoms with van der Waals surface area (Å²) in [5, 5.41) is 12.0. The fraction of sp³-hybridized carbons (Fsp3) is 0.633. The summed E-state index contributed by atoms with van der Waals surface area (Å²) in [4.78, 5) is 29.8. The van der Waals surface area contributed by atoms with Gasteiger partial charge in [-0.3, -0.25) is 14.3 Å². The molecule has 2 amide bonds. The van der Waals surface area contributed by atoms with E-state index in [1.807, 2.05) is 13.8 Å². The van der Waals surface area contributed by atoms with Gasteiger partial charge in [-0.05, 0) is 81.9 Å². The molecule has 3 saturated carbocycles. The van der Waals surface area contributed by atoms with Gasteiger partial charge in [-0.1, -0.05) is 0 Å². The first-order chi connectivity index (χ1) is 20.7. The molecule has 14 heteroatoms. The lowest BCUT2D eigenvalue weighted by Gasteiger charge is -2.32. The molecule has 3 aromatic rings. The van der Waals surface area contributed by atoms with Crippen molar-refractivity contribution in [3.63, 3.8) is 0 Å². The summed E-state index contributed by atoms with van der Waals surface area (Å²) in [5.74, 6) is -4.68. The molecule has 2 atom stereocenters. The highest BCUT2D eigenvalue weighted by Crippen LogP contribution is 2.60. The zero-order valence-electron chi connectivity index (χ0n) is 24.6. The molecule has 3 heterocycles. The Balaban J connectivity index is 1.31. The van der Waals surface area contributed by atoms with Crippen LogP contribution in [0.4, 0.5) is 22.0 Å². The molecule has 3 fully saturated rings. The van der Waals surface area contributed by atoms with Crippen LogP contribution >= 0.6 is 0 Å². The first kappa shape index (κ1) is 30.4. The number of aromatic nitrogens is 5. The third kappa shape index (κ3) is 5.91. The van der Waals surface area contributed by atoms with Gasteiger partial charge in [0, 0.05) is 31.2 Å². The smallest absolute Gasteiger partial charge is 0.364 e. The number of hydrogen-bond donors (Lipinski definition) is 2. The van der Waals surface area contributed by atoms with E-state index in [0.29, 0.717) is 22.6 Å². The number of carbonyl (C=O) groups excluding carboxylic acids is 2. The van der Waals surface area contributed by atoms with Crippen LogP contribution in [0.3, 0.4) is 0 Å². The normalized spacial score (nSPS) is 21.4. The fourth-order valence-electron chi connectivity index (χ4n) is 6.55. The standard InChI is InChI=1S/C30H36F5N7O2/c1-16(2)42-22(27(36)44)12-20(40-42)25(17-5-7-29(31,32)8-6-17)21-15-41-23(38-21)11-19(14-37-41)26(18-3-4-18)39-24(43)13-28(9-10-28)30(33,34)35/h11-12,14-18,25-26H,3-10,13H2,1-2H3,(H2,36,44)(H,39,43)/t25-,26-/m1/s1. The molecule has 44 heavy (non-hydrogen) atoms. The van der Waals surface area contributed by atoms with E-state index < -0.39 is 47.7 Å². The molecule has 0 radical (unpaired) electrons. The zero-order chi connectivity index (χ0) is 31.6. The molecule has 9 nitrogen and oxygen atoms in total. The van der Waals surface area contributed by atoms with E-state index in [9.17, 15) is 31.5 Å². The average Bonchev–Trinajstić information content (AvgIpc) is 3.84. The van der Waals surface area contributed by atoms with Gasteiger partial charge in [-0.15, -0.1) is 0 Å². The molecule has 0 spiro atoms. The quantitative estimate of drug-likeness (QED) is 0.275. The zero-order valence-corrected chi connectivity index (χ0v) is 24.6. The Hall–Kier alpha value is -3.58. The minimum absolute atomic E-state index is 0.0431. The number of carbonyl (C=O) groups is 2. The molecule has 0 saturated heterocycles. The Bertz CT molecular complexity index is 1560. The molecule has 0 aromatic carbocycles. The lowest BCUT2D eigenvalue weighted by Crippen LogP contribution is -2.35. The van der Waals surface area contributed by atoms with Crippen LogP contribution in [0.2, 0.25) is 0 Å². The van der Waals surface area contributed by atoms with Crippen molar-refractivity contribution in [3.05, 3.63) is 47.2 Å². The van der Waals surface area contributed by atoms with E-state index in [1.165, 1.54) is 4.68 Å². The average molecular weight is 622 g/mol. The number of alkyl halides is 5. The van der Waals surface area contributed by atoms with Crippen LogP contribution in [0.1, 0.15) is 117 Å². The van der Waals surface area contributed by atoms with Gasteiger partial charge in [-0.2, -0.15) is 23.4 Å². The highest BCUT2D eigenvalue weighted by Gasteiger charge is 2.63. The summed E-state index contributed by atoms with van der Waals surface area (Å²) in [6.45, 7) is 3.72. The minimum atomic E-state index is -4.42. The van der Waals surface area contributed by atoms with Gasteiger partial charge < -0.3 is 11.1 Å². The highest BCUT2D eigenvalue weighted by atomic mass is 19.4. The molecule has 0 aliphatic heterocycles. The summed E-state index contributed by atoms with van der Waals surface area (Å²) in [5.41, 5.74) is 6.04. The second-order valence-corrected chi connectivity index (χ2v) is 13.1. The monoisotopic (exact) mass is 621 g/mol. The summed E-state index contributed by atoms with van der Waals surface area (Å²) < 4.78 is 71.7. The second kappa shape index (κ2) is 10.8. The number of primary amides is 1. The van der Waals surface area contributed by atoms with Gasteiger partial charge in [-0.25, -0.2) is 18.3 Å². The van der Waals surface area contributed by atoms with E-state index in [0.717, 1.165) is 12.8 Å². The number of rotatable bonds is 10. The Kier molecular flexibility index (Phi) is 7.47. The maximum atomic E-state index is 14.1. The molecule has 0 unspecified atom stereocenters. The van der Waals surface area contributed by atoms with Gasteiger partial charge in [0.15, 0.2) is 5.65 Å². The van der Waals surface area contributed by atoms with E-state index in [1.54, 1.807) is 29.0 Å². The van der Waals surface area contributed by atoms with Crippen LogP contribution in [0.15, 0.2) is 24.5 Å². The first-order valence-corrected chi connectivity index (χ1v) is 15.1. The van der Waals surface area contributed by atoms with Gasteiger partial charge in [0.25, 0.3) is 5.91 Å². The van der Waals surface area contributed by atoms with Crippen molar-refractivity contribution in [2.24, 2.45) is 23.0 Å². The highest BCUT2D eigenvalue weighted by molar-refractivity contribution is 5.91. The van der Waals surface area contributed by atoms with Crippen LogP contribution in [0, 0.1) is 17.3 Å². The van der Waals surface area contributed by atoms with Crippen molar-refractivity contribution in [1.29, 1.82) is 0 Å². The molecule has 3 N–H and O–H groups in total. The second-order valence-electron chi connectivity index (χ2n) is 13.1. The van der Waals surface area contributed by atoms with Crippen molar-refractivity contribution in [2.75, 3.05) is 0 Å². The summed E-state index contributed by atoms with van der Waals surface area (Å²) >= 11 is 0. The lowest BCUT2D eigenvalue weighted by atomic mass is 9.76. The maximum absolute atomic E-state index is 14.1. The molecular weight excluding hydrogens is 585 g/mol.